The Morgan fingerprint density at radius 1 is 1.26 bits per heavy atom. The van der Waals surface area contributed by atoms with Crippen LogP contribution in [-0.2, 0) is 24.2 Å². The molecule has 5 nitrogen and oxygen atoms in total. The van der Waals surface area contributed by atoms with Gasteiger partial charge in [-0.05, 0) is 55.1 Å². The molecule has 1 amide bonds. The third-order valence-electron chi connectivity index (χ3n) is 7.10. The van der Waals surface area contributed by atoms with Gasteiger partial charge < -0.3 is 4.90 Å². The topological polar surface area (TPSA) is 55.2 Å². The molecule has 5 rings (SSSR count). The van der Waals surface area contributed by atoms with Gasteiger partial charge in [0, 0.05) is 24.4 Å². The zero-order valence-corrected chi connectivity index (χ0v) is 16.4. The first kappa shape index (κ1) is 17.0. The number of fused-ring (bicyclic) bond motifs is 4. The molecule has 3 atom stereocenters. The minimum Gasteiger partial charge on any atom is -0.335 e. The average molecular weight is 365 g/mol. The van der Waals surface area contributed by atoms with Gasteiger partial charge in [-0.3, -0.25) is 14.3 Å². The molecule has 0 N–H and O–H groups in total. The van der Waals surface area contributed by atoms with E-state index in [0.29, 0.717) is 23.2 Å². The van der Waals surface area contributed by atoms with E-state index in [9.17, 15) is 9.59 Å². The molecular weight excluding hydrogens is 338 g/mol. The van der Waals surface area contributed by atoms with E-state index in [4.69, 9.17) is 0 Å². The maximum absolute atomic E-state index is 13.3. The van der Waals surface area contributed by atoms with Crippen LogP contribution < -0.4 is 0 Å². The molecule has 27 heavy (non-hydrogen) atoms. The molecule has 0 unspecified atom stereocenters. The summed E-state index contributed by atoms with van der Waals surface area (Å²) in [6, 6.07) is 4.90. The predicted octanol–water partition coefficient (Wildman–Crippen LogP) is 3.52. The van der Waals surface area contributed by atoms with Gasteiger partial charge in [0.2, 0.25) is 5.91 Å². The van der Waals surface area contributed by atoms with E-state index >= 15 is 0 Å². The highest BCUT2D eigenvalue weighted by Crippen LogP contribution is 2.59. The van der Waals surface area contributed by atoms with Gasteiger partial charge in [0.25, 0.3) is 0 Å². The van der Waals surface area contributed by atoms with Crippen LogP contribution in [0.4, 0.5) is 0 Å². The summed E-state index contributed by atoms with van der Waals surface area (Å²) in [6.45, 7) is 6.27. The highest BCUT2D eigenvalue weighted by molar-refractivity contribution is 6.06. The highest BCUT2D eigenvalue weighted by Gasteiger charge is 2.62. The number of ketones is 1. The fourth-order valence-electron chi connectivity index (χ4n) is 5.59. The number of hydrogen-bond acceptors (Lipinski definition) is 3. The zero-order chi connectivity index (χ0) is 18.9. The lowest BCUT2D eigenvalue weighted by Crippen LogP contribution is -2.40. The minimum atomic E-state index is -0.0356. The molecule has 1 aromatic heterocycles. The summed E-state index contributed by atoms with van der Waals surface area (Å²) >= 11 is 0. The van der Waals surface area contributed by atoms with Crippen LogP contribution >= 0.6 is 0 Å². The monoisotopic (exact) mass is 365 g/mol. The largest absolute Gasteiger partial charge is 0.335 e. The quantitative estimate of drug-likeness (QED) is 0.779. The Hall–Kier alpha value is -2.17. The Morgan fingerprint density at radius 2 is 2.07 bits per heavy atom. The highest BCUT2D eigenvalue weighted by atomic mass is 16.2. The lowest BCUT2D eigenvalue weighted by molar-refractivity contribution is -0.134. The minimum absolute atomic E-state index is 0.0356. The second-order valence-electron chi connectivity index (χ2n) is 8.96. The summed E-state index contributed by atoms with van der Waals surface area (Å²) in [5.74, 6) is 0.120. The van der Waals surface area contributed by atoms with Crippen LogP contribution in [0.2, 0.25) is 0 Å². The fraction of sp³-hybridized carbons (Fsp3) is 0.591. The van der Waals surface area contributed by atoms with Crippen molar-refractivity contribution in [3.8, 4) is 0 Å². The molecule has 1 aromatic carbocycles. The Bertz CT molecular complexity index is 976. The van der Waals surface area contributed by atoms with Gasteiger partial charge in [-0.2, -0.15) is 5.10 Å². The zero-order valence-electron chi connectivity index (χ0n) is 16.4. The second kappa shape index (κ2) is 5.66. The number of nitrogens with zero attached hydrogens (tertiary/aromatic N) is 3. The van der Waals surface area contributed by atoms with E-state index in [2.05, 4.69) is 29.9 Å². The van der Waals surface area contributed by atoms with Crippen LogP contribution in [0.25, 0.3) is 10.9 Å². The predicted molar refractivity (Wildman–Crippen MR) is 104 cm³/mol. The molecule has 142 valence electrons. The normalized spacial score (nSPS) is 28.5. The number of aryl methyl sites for hydroxylation is 2. The van der Waals surface area contributed by atoms with Crippen LogP contribution in [-0.4, -0.2) is 38.5 Å². The third-order valence-corrected chi connectivity index (χ3v) is 7.10. The van der Waals surface area contributed by atoms with E-state index in [-0.39, 0.29) is 18.2 Å². The van der Waals surface area contributed by atoms with E-state index in [1.54, 1.807) is 6.92 Å². The van der Waals surface area contributed by atoms with Crippen LogP contribution in [0.1, 0.15) is 68.1 Å². The first-order chi connectivity index (χ1) is 12.9. The standard InChI is InChI=1S/C22H27N3O2/c1-4-15-10-22(3)11-18(22)25(15)19(27)12-24-21-16-7-5-6-14(16)8-9-17(21)20(23-24)13(2)26/h8-9,15,18H,4-7,10-12H2,1-3H3/t15-,18-,22+/m1/s1. The Morgan fingerprint density at radius 3 is 2.81 bits per heavy atom. The number of likely N-dealkylation sites (tertiary alicyclic amines) is 1. The van der Waals surface area contributed by atoms with Gasteiger partial charge in [0.1, 0.15) is 12.2 Å². The van der Waals surface area contributed by atoms with Gasteiger partial charge in [0.15, 0.2) is 5.78 Å². The second-order valence-corrected chi connectivity index (χ2v) is 8.96. The van der Waals surface area contributed by atoms with Crippen molar-refractivity contribution in [2.45, 2.75) is 77.9 Å². The van der Waals surface area contributed by atoms with E-state index in [1.165, 1.54) is 11.1 Å². The molecule has 0 bridgehead atoms. The van der Waals surface area contributed by atoms with E-state index in [0.717, 1.165) is 49.4 Å². The summed E-state index contributed by atoms with van der Waals surface area (Å²) in [7, 11) is 0. The van der Waals surface area contributed by atoms with Crippen molar-refractivity contribution in [2.75, 3.05) is 0 Å². The van der Waals surface area contributed by atoms with Crippen molar-refractivity contribution in [1.82, 2.24) is 14.7 Å². The Balaban J connectivity index is 1.54. The van der Waals surface area contributed by atoms with Crippen LogP contribution in [0.3, 0.4) is 0 Å². The summed E-state index contributed by atoms with van der Waals surface area (Å²) in [5.41, 5.74) is 4.46. The van der Waals surface area contributed by atoms with Gasteiger partial charge in [-0.25, -0.2) is 0 Å². The number of Topliss-reactive ketones (excluding diaryl/α,β-unsaturated/α-hetero) is 1. The van der Waals surface area contributed by atoms with Crippen molar-refractivity contribution in [3.63, 3.8) is 0 Å². The molecule has 2 aliphatic carbocycles. The van der Waals surface area contributed by atoms with Crippen LogP contribution in [0.15, 0.2) is 12.1 Å². The number of hydrogen-bond donors (Lipinski definition) is 0. The molecule has 0 radical (unpaired) electrons. The summed E-state index contributed by atoms with van der Waals surface area (Å²) < 4.78 is 1.82. The molecule has 2 aromatic rings. The molecule has 1 saturated heterocycles. The fourth-order valence-corrected chi connectivity index (χ4v) is 5.59. The summed E-state index contributed by atoms with van der Waals surface area (Å²) in [5, 5.41) is 5.51. The van der Waals surface area contributed by atoms with Crippen molar-refractivity contribution in [1.29, 1.82) is 0 Å². The number of piperidine rings is 1. The first-order valence-corrected chi connectivity index (χ1v) is 10.3. The summed E-state index contributed by atoms with van der Waals surface area (Å²) in [4.78, 5) is 27.5. The van der Waals surface area contributed by atoms with Gasteiger partial charge in [0.05, 0.1) is 5.52 Å². The maximum atomic E-state index is 13.3. The third kappa shape index (κ3) is 2.40. The Kier molecular flexibility index (Phi) is 3.56. The van der Waals surface area contributed by atoms with Gasteiger partial charge in [-0.15, -0.1) is 0 Å². The molecule has 1 aliphatic heterocycles. The smallest absolute Gasteiger partial charge is 0.244 e. The maximum Gasteiger partial charge on any atom is 0.244 e. The van der Waals surface area contributed by atoms with E-state index in [1.807, 2.05) is 10.7 Å². The van der Waals surface area contributed by atoms with Crippen molar-refractivity contribution in [3.05, 3.63) is 29.0 Å². The number of carbonyl (C=O) groups excluding carboxylic acids is 2. The number of benzene rings is 1. The Labute approximate surface area is 159 Å². The lowest BCUT2D eigenvalue weighted by Gasteiger charge is -2.27. The van der Waals surface area contributed by atoms with Gasteiger partial charge in [-0.1, -0.05) is 26.0 Å². The average Bonchev–Trinajstić information content (AvgIpc) is 3.02. The van der Waals surface area contributed by atoms with Gasteiger partial charge >= 0.3 is 0 Å². The summed E-state index contributed by atoms with van der Waals surface area (Å²) in [6.07, 6.45) is 6.46. The molecule has 3 aliphatic rings. The molecule has 1 saturated carbocycles. The van der Waals surface area contributed by atoms with E-state index < -0.39 is 0 Å². The number of rotatable bonds is 4. The molecule has 5 heteroatoms. The number of aromatic nitrogens is 2. The molecule has 2 fully saturated rings. The first-order valence-electron chi connectivity index (χ1n) is 10.3. The van der Waals surface area contributed by atoms with Crippen molar-refractivity contribution >= 4 is 22.6 Å². The van der Waals surface area contributed by atoms with Crippen molar-refractivity contribution < 1.29 is 9.59 Å². The molecular formula is C22H27N3O2. The number of carbonyl (C=O) groups is 2. The SMILES string of the molecule is CC[C@@H]1C[C@@]2(C)C[C@H]2N1C(=O)Cn1nc(C(C)=O)c2ccc3c(c21)CCC3. The lowest BCUT2D eigenvalue weighted by atomic mass is 10.0. The van der Waals surface area contributed by atoms with Crippen LogP contribution in [0.5, 0.6) is 0 Å². The molecule has 2 heterocycles. The molecule has 0 spiro atoms. The van der Waals surface area contributed by atoms with Crippen molar-refractivity contribution in [2.24, 2.45) is 5.41 Å². The van der Waals surface area contributed by atoms with Crippen LogP contribution in [0, 0.1) is 5.41 Å². The number of amides is 1.